The predicted molar refractivity (Wildman–Crippen MR) is 75.7 cm³/mol. The van der Waals surface area contributed by atoms with Gasteiger partial charge < -0.3 is 5.32 Å². The van der Waals surface area contributed by atoms with Gasteiger partial charge in [-0.15, -0.1) is 0 Å². The van der Waals surface area contributed by atoms with Crippen LogP contribution in [0.25, 0.3) is 0 Å². The summed E-state index contributed by atoms with van der Waals surface area (Å²) in [7, 11) is 0. The highest BCUT2D eigenvalue weighted by Crippen LogP contribution is 2.62. The van der Waals surface area contributed by atoms with Crippen molar-refractivity contribution in [1.82, 2.24) is 0 Å². The molecule has 196 valence electrons. The number of carbonyl (C=O) groups excluding carboxylic acids is 1. The molecule has 1 rings (SSSR count). The highest BCUT2D eigenvalue weighted by Gasteiger charge is 2.94. The Morgan fingerprint density at radius 1 is 0.618 bits per heavy atom. The van der Waals surface area contributed by atoms with E-state index < -0.39 is 65.3 Å². The molecule has 0 spiro atoms. The lowest BCUT2D eigenvalue weighted by Gasteiger charge is -2.42. The Balaban J connectivity index is 3.52. The van der Waals surface area contributed by atoms with Crippen molar-refractivity contribution >= 4 is 11.6 Å². The molecular weight excluding hydrogens is 533 g/mol. The third-order valence-electron chi connectivity index (χ3n) is 4.05. The second-order valence-corrected chi connectivity index (χ2v) is 6.33. The molecule has 0 bridgehead atoms. The highest BCUT2D eigenvalue weighted by molar-refractivity contribution is 5.97. The largest absolute Gasteiger partial charge is 0.393 e. The number of rotatable bonds is 9. The Hall–Kier alpha value is -2.50. The van der Waals surface area contributed by atoms with Crippen molar-refractivity contribution in [3.63, 3.8) is 0 Å². The van der Waals surface area contributed by atoms with E-state index in [1.807, 2.05) is 0 Å². The predicted octanol–water partition coefficient (Wildman–Crippen LogP) is 6.48. The van der Waals surface area contributed by atoms with Gasteiger partial charge in [-0.1, -0.05) is 0 Å². The number of carbonyl (C=O) groups is 1. The summed E-state index contributed by atoms with van der Waals surface area (Å²) >= 11 is 0. The molecule has 1 N–H and O–H groups in total. The fourth-order valence-corrected chi connectivity index (χ4v) is 2.02. The van der Waals surface area contributed by atoms with Gasteiger partial charge in [-0.25, -0.2) is 13.2 Å². The first kappa shape index (κ1) is 29.5. The second kappa shape index (κ2) is 8.31. The quantitative estimate of drug-likeness (QED) is 0.358. The van der Waals surface area contributed by atoms with Crippen LogP contribution in [0.2, 0.25) is 0 Å². The lowest BCUT2D eigenvalue weighted by molar-refractivity contribution is -0.443. The maximum absolute atomic E-state index is 13.7. The number of nitrogens with one attached hydrogen (secondary N) is 1. The molecule has 0 aliphatic heterocycles. The molecule has 0 saturated carbocycles. The SMILES string of the molecule is O=C(Nc1ccc(F)cc1)C(F)(F)C(F)(F)C(F)(F)C(F)(F)C(F)(F)C(F)(F)C(F)(F)C(F)F. The lowest BCUT2D eigenvalue weighted by Crippen LogP contribution is -2.74. The molecule has 0 radical (unpaired) electrons. The summed E-state index contributed by atoms with van der Waals surface area (Å²) in [5.74, 6) is -61.3. The Labute approximate surface area is 175 Å². The molecule has 19 heteroatoms. The van der Waals surface area contributed by atoms with Gasteiger partial charge in [0.05, 0.1) is 0 Å². The molecule has 0 aromatic heterocycles. The van der Waals surface area contributed by atoms with E-state index in [2.05, 4.69) is 0 Å². The Kier molecular flexibility index (Phi) is 7.22. The summed E-state index contributed by atoms with van der Waals surface area (Å²) in [4.78, 5) is 11.3. The first-order chi connectivity index (χ1) is 14.8. The minimum absolute atomic E-state index is 0.329. The van der Waals surface area contributed by atoms with Crippen LogP contribution in [0.4, 0.5) is 80.3 Å². The molecule has 1 aromatic carbocycles. The van der Waals surface area contributed by atoms with E-state index in [0.717, 1.165) is 0 Å². The summed E-state index contributed by atoms with van der Waals surface area (Å²) in [5.41, 5.74) is -1.08. The van der Waals surface area contributed by atoms with Crippen molar-refractivity contribution in [2.75, 3.05) is 5.32 Å². The summed E-state index contributed by atoms with van der Waals surface area (Å²) in [6.45, 7) is 0. The van der Waals surface area contributed by atoms with Crippen LogP contribution in [0.5, 0.6) is 0 Å². The minimum atomic E-state index is -8.59. The maximum atomic E-state index is 13.7. The average molecular weight is 539 g/mol. The van der Waals surface area contributed by atoms with E-state index in [-0.39, 0.29) is 0 Å². The van der Waals surface area contributed by atoms with Gasteiger partial charge in [0.15, 0.2) is 0 Å². The molecule has 0 aliphatic rings. The summed E-state index contributed by atoms with van der Waals surface area (Å²) in [6.07, 6.45) is -5.94. The number of halogens is 17. The van der Waals surface area contributed by atoms with Crippen LogP contribution < -0.4 is 5.32 Å². The smallest absolute Gasteiger partial charge is 0.321 e. The first-order valence-electron chi connectivity index (χ1n) is 7.84. The molecule has 0 saturated heterocycles. The molecule has 0 unspecified atom stereocenters. The standard InChI is InChI=1S/C15H6F17NO/c16-5-1-3-6(4-2-5)33-8(34)10(21,22)12(25,26)14(29,30)15(31,32)13(27,28)11(23,24)9(19,20)7(17)18/h1-4,7H,(H,33,34). The van der Waals surface area contributed by atoms with Crippen LogP contribution in [0.3, 0.4) is 0 Å². The molecule has 0 atom stereocenters. The third kappa shape index (κ3) is 3.99. The monoisotopic (exact) mass is 539 g/mol. The molecule has 0 aliphatic carbocycles. The lowest BCUT2D eigenvalue weighted by atomic mass is 9.89. The molecule has 0 heterocycles. The molecule has 34 heavy (non-hydrogen) atoms. The molecule has 2 nitrogen and oxygen atoms in total. The number of hydrogen-bond acceptors (Lipinski definition) is 1. The molecular formula is C15H6F17NO. The Bertz CT molecular complexity index is 893. The van der Waals surface area contributed by atoms with Crippen molar-refractivity contribution in [1.29, 1.82) is 0 Å². The van der Waals surface area contributed by atoms with E-state index in [4.69, 9.17) is 0 Å². The Morgan fingerprint density at radius 2 is 0.971 bits per heavy atom. The molecule has 0 fully saturated rings. The van der Waals surface area contributed by atoms with Crippen molar-refractivity contribution < 1.29 is 79.4 Å². The van der Waals surface area contributed by atoms with Crippen LogP contribution in [0.1, 0.15) is 0 Å². The zero-order valence-electron chi connectivity index (χ0n) is 15.2. The first-order valence-corrected chi connectivity index (χ1v) is 7.84. The van der Waals surface area contributed by atoms with Gasteiger partial charge in [0.2, 0.25) is 0 Å². The number of alkyl halides is 16. The zero-order chi connectivity index (χ0) is 27.3. The van der Waals surface area contributed by atoms with Crippen LogP contribution in [0.15, 0.2) is 24.3 Å². The summed E-state index contributed by atoms with van der Waals surface area (Å²) in [6, 6.07) is 1.38. The second-order valence-electron chi connectivity index (χ2n) is 6.33. The minimum Gasteiger partial charge on any atom is -0.321 e. The van der Waals surface area contributed by atoms with Crippen LogP contribution in [0, 0.1) is 5.82 Å². The van der Waals surface area contributed by atoms with Crippen molar-refractivity contribution in [3.8, 4) is 0 Å². The fourth-order valence-electron chi connectivity index (χ4n) is 2.02. The summed E-state index contributed by atoms with van der Waals surface area (Å²) < 4.78 is 224. The van der Waals surface area contributed by atoms with E-state index >= 15 is 0 Å². The number of amides is 1. The third-order valence-corrected chi connectivity index (χ3v) is 4.05. The molecule has 1 amide bonds. The number of anilines is 1. The zero-order valence-corrected chi connectivity index (χ0v) is 15.2. The van der Waals surface area contributed by atoms with Crippen LogP contribution in [-0.4, -0.2) is 53.8 Å². The van der Waals surface area contributed by atoms with E-state index in [1.165, 1.54) is 0 Å². The topological polar surface area (TPSA) is 29.1 Å². The van der Waals surface area contributed by atoms with Crippen molar-refractivity contribution in [2.24, 2.45) is 0 Å². The summed E-state index contributed by atoms with van der Waals surface area (Å²) in [5, 5.41) is 0.679. The van der Waals surface area contributed by atoms with Gasteiger partial charge >= 0.3 is 53.8 Å². The Morgan fingerprint density at radius 3 is 1.35 bits per heavy atom. The maximum Gasteiger partial charge on any atom is 0.393 e. The van der Waals surface area contributed by atoms with Gasteiger partial charge in [-0.2, -0.15) is 61.5 Å². The van der Waals surface area contributed by atoms with Crippen LogP contribution >= 0.6 is 0 Å². The fraction of sp³-hybridized carbons (Fsp3) is 0.533. The van der Waals surface area contributed by atoms with Crippen molar-refractivity contribution in [3.05, 3.63) is 30.1 Å². The average Bonchev–Trinajstić information content (AvgIpc) is 2.68. The van der Waals surface area contributed by atoms with Gasteiger partial charge in [0.25, 0.3) is 0 Å². The number of benzene rings is 1. The van der Waals surface area contributed by atoms with Gasteiger partial charge in [0, 0.05) is 5.69 Å². The van der Waals surface area contributed by atoms with E-state index in [1.54, 1.807) is 0 Å². The highest BCUT2D eigenvalue weighted by atomic mass is 19.4. The van der Waals surface area contributed by atoms with Gasteiger partial charge in [0.1, 0.15) is 5.82 Å². The van der Waals surface area contributed by atoms with Crippen LogP contribution in [-0.2, 0) is 4.79 Å². The van der Waals surface area contributed by atoms with Gasteiger partial charge in [-0.05, 0) is 24.3 Å². The molecule has 1 aromatic rings. The normalized spacial score (nSPS) is 15.0. The van der Waals surface area contributed by atoms with Gasteiger partial charge in [-0.3, -0.25) is 4.79 Å². The van der Waals surface area contributed by atoms with E-state index in [9.17, 15) is 79.4 Å². The van der Waals surface area contributed by atoms with Crippen molar-refractivity contribution in [2.45, 2.75) is 47.9 Å². The number of hydrogen-bond donors (Lipinski definition) is 1. The van der Waals surface area contributed by atoms with E-state index in [0.29, 0.717) is 29.6 Å².